The van der Waals surface area contributed by atoms with Gasteiger partial charge in [0.25, 0.3) is 5.91 Å². The highest BCUT2D eigenvalue weighted by Gasteiger charge is 2.50. The molecule has 0 aromatic rings. The lowest BCUT2D eigenvalue weighted by atomic mass is 9.74. The van der Waals surface area contributed by atoms with E-state index in [0.29, 0.717) is 25.9 Å². The van der Waals surface area contributed by atoms with Gasteiger partial charge >= 0.3 is 6.09 Å². The molecule has 0 radical (unpaired) electrons. The SMILES string of the molecule is C=CCNC(=O)C(=O)[C@@H]1CCCCCCCOC[C@H](NC(=O)OC(C)(C)C)C(=O)N2CC[C@H](C(C)(C)C=C)[C@H]2C(=O)N1C. The molecule has 0 saturated carbocycles. The smallest absolute Gasteiger partial charge is 0.408 e. The maximum Gasteiger partial charge on any atom is 0.408 e. The van der Waals surface area contributed by atoms with Crippen molar-refractivity contribution in [1.82, 2.24) is 20.4 Å². The van der Waals surface area contributed by atoms with Crippen LogP contribution in [0.4, 0.5) is 4.79 Å². The van der Waals surface area contributed by atoms with Crippen LogP contribution in [0, 0.1) is 11.3 Å². The summed E-state index contributed by atoms with van der Waals surface area (Å²) in [5, 5.41) is 5.19. The van der Waals surface area contributed by atoms with Crippen LogP contribution >= 0.6 is 0 Å². The number of Topliss-reactive ketones (excluding diaryl/α,β-unsaturated/α-hetero) is 1. The second-order valence-corrected chi connectivity index (χ2v) is 13.1. The summed E-state index contributed by atoms with van der Waals surface area (Å²) < 4.78 is 11.3. The Labute approximate surface area is 256 Å². The zero-order valence-electron chi connectivity index (χ0n) is 26.9. The Morgan fingerprint density at radius 1 is 1.00 bits per heavy atom. The summed E-state index contributed by atoms with van der Waals surface area (Å²) in [6, 6.07) is -3.03. The van der Waals surface area contributed by atoms with E-state index in [0.717, 1.165) is 25.7 Å². The molecule has 2 heterocycles. The monoisotopic (exact) mass is 604 g/mol. The van der Waals surface area contributed by atoms with Gasteiger partial charge in [-0.05, 0) is 51.4 Å². The van der Waals surface area contributed by atoms with E-state index < -0.39 is 58.7 Å². The Balaban J connectivity index is 2.52. The Morgan fingerprint density at radius 3 is 2.28 bits per heavy atom. The first-order valence-corrected chi connectivity index (χ1v) is 15.4. The highest BCUT2D eigenvalue weighted by atomic mass is 16.6. The molecule has 0 aromatic carbocycles. The van der Waals surface area contributed by atoms with E-state index in [2.05, 4.69) is 23.8 Å². The lowest BCUT2D eigenvalue weighted by Gasteiger charge is -2.39. The zero-order valence-corrected chi connectivity index (χ0v) is 26.9. The molecule has 242 valence electrons. The van der Waals surface area contributed by atoms with Crippen LogP contribution in [0.2, 0.25) is 0 Å². The Hall–Kier alpha value is -3.21. The van der Waals surface area contributed by atoms with Crippen LogP contribution in [0.1, 0.15) is 79.6 Å². The second-order valence-electron chi connectivity index (χ2n) is 13.1. The summed E-state index contributed by atoms with van der Waals surface area (Å²) in [5.41, 5.74) is -1.32. The summed E-state index contributed by atoms with van der Waals surface area (Å²) in [5.74, 6) is -2.72. The number of hydrogen-bond donors (Lipinski definition) is 2. The number of likely N-dealkylation sites (N-methyl/N-ethyl adjacent to an activating group) is 1. The lowest BCUT2D eigenvalue weighted by molar-refractivity contribution is -0.151. The van der Waals surface area contributed by atoms with Crippen LogP contribution in [0.3, 0.4) is 0 Å². The number of rotatable bonds is 7. The minimum absolute atomic E-state index is 0.0779. The van der Waals surface area contributed by atoms with Crippen molar-refractivity contribution in [2.45, 2.75) is 103 Å². The van der Waals surface area contributed by atoms with Gasteiger partial charge in [-0.15, -0.1) is 13.2 Å². The van der Waals surface area contributed by atoms with Gasteiger partial charge < -0.3 is 29.9 Å². The molecule has 0 aromatic heterocycles. The van der Waals surface area contributed by atoms with Crippen molar-refractivity contribution in [2.75, 3.05) is 33.4 Å². The molecule has 2 aliphatic rings. The van der Waals surface area contributed by atoms with Crippen LogP contribution in [-0.4, -0.2) is 96.5 Å². The molecule has 43 heavy (non-hydrogen) atoms. The number of ether oxygens (including phenoxy) is 2. The average Bonchev–Trinajstić information content (AvgIpc) is 3.39. The van der Waals surface area contributed by atoms with E-state index in [9.17, 15) is 24.0 Å². The molecule has 2 rings (SSSR count). The first-order chi connectivity index (χ1) is 20.1. The summed E-state index contributed by atoms with van der Waals surface area (Å²) in [6.45, 7) is 17.4. The number of ketones is 1. The summed E-state index contributed by atoms with van der Waals surface area (Å²) >= 11 is 0. The normalized spacial score (nSPS) is 25.0. The number of carbonyl (C=O) groups is 5. The van der Waals surface area contributed by atoms with Gasteiger partial charge in [0, 0.05) is 26.7 Å². The highest BCUT2D eigenvalue weighted by Crippen LogP contribution is 2.41. The predicted molar refractivity (Wildman–Crippen MR) is 164 cm³/mol. The van der Waals surface area contributed by atoms with Crippen LogP contribution in [0.15, 0.2) is 25.3 Å². The molecule has 2 fully saturated rings. The number of fused-ring (bicyclic) bond motifs is 1. The molecule has 11 heteroatoms. The Bertz CT molecular complexity index is 1040. The minimum atomic E-state index is -1.09. The predicted octanol–water partition coefficient (Wildman–Crippen LogP) is 3.38. The van der Waals surface area contributed by atoms with Gasteiger partial charge in [0.2, 0.25) is 17.6 Å². The Kier molecular flexibility index (Phi) is 13.4. The number of hydrogen-bond acceptors (Lipinski definition) is 7. The molecule has 4 amide bonds. The van der Waals surface area contributed by atoms with Crippen molar-refractivity contribution in [3.8, 4) is 0 Å². The van der Waals surface area contributed by atoms with E-state index in [4.69, 9.17) is 9.47 Å². The molecule has 11 nitrogen and oxygen atoms in total. The molecule has 0 aliphatic carbocycles. The second kappa shape index (κ2) is 16.0. The van der Waals surface area contributed by atoms with Gasteiger partial charge in [-0.2, -0.15) is 0 Å². The van der Waals surface area contributed by atoms with Gasteiger partial charge in [-0.25, -0.2) is 4.79 Å². The fourth-order valence-corrected chi connectivity index (χ4v) is 5.64. The molecule has 2 N–H and O–H groups in total. The molecule has 0 spiro atoms. The first kappa shape index (κ1) is 36.0. The van der Waals surface area contributed by atoms with Crippen molar-refractivity contribution in [3.63, 3.8) is 0 Å². The summed E-state index contributed by atoms with van der Waals surface area (Å²) in [7, 11) is 1.52. The molecular weight excluding hydrogens is 552 g/mol. The van der Waals surface area contributed by atoms with E-state index in [1.807, 2.05) is 13.8 Å². The third-order valence-electron chi connectivity index (χ3n) is 8.20. The van der Waals surface area contributed by atoms with E-state index >= 15 is 0 Å². The van der Waals surface area contributed by atoms with Crippen LogP contribution in [0.25, 0.3) is 0 Å². The van der Waals surface area contributed by atoms with Crippen molar-refractivity contribution < 1.29 is 33.4 Å². The standard InChI is InChI=1S/C32H52N4O7/c1-9-18-33-27(38)26(37)24-16-14-12-11-13-15-20-42-21-23(34-30(41)43-31(3,4)5)28(39)36-19-17-22(32(6,7)10-2)25(36)29(40)35(24)8/h9-10,22-25H,1-2,11-21H2,3-8H3,(H,33,38)(H,34,41)/t22-,23-,24-,25-/m0/s1. The number of carbonyl (C=O) groups excluding carboxylic acids is 5. The van der Waals surface area contributed by atoms with Crippen LogP contribution in [-0.2, 0) is 28.7 Å². The molecular formula is C32H52N4O7. The zero-order chi connectivity index (χ0) is 32.4. The number of nitrogens with zero attached hydrogens (tertiary/aromatic N) is 2. The lowest BCUT2D eigenvalue weighted by Crippen LogP contribution is -2.59. The molecule has 2 aliphatic heterocycles. The number of amides is 4. The topological polar surface area (TPSA) is 134 Å². The molecule has 2 saturated heterocycles. The third-order valence-corrected chi connectivity index (χ3v) is 8.20. The van der Waals surface area contributed by atoms with Crippen molar-refractivity contribution >= 4 is 29.6 Å². The van der Waals surface area contributed by atoms with Gasteiger partial charge in [0.15, 0.2) is 0 Å². The third kappa shape index (κ3) is 10.2. The summed E-state index contributed by atoms with van der Waals surface area (Å²) in [4.78, 5) is 70.1. The number of alkyl carbamates (subject to hydrolysis) is 1. The fraction of sp³-hybridized carbons (Fsp3) is 0.719. The number of allylic oxidation sites excluding steroid dienone is 1. The Morgan fingerprint density at radius 2 is 1.65 bits per heavy atom. The van der Waals surface area contributed by atoms with E-state index in [-0.39, 0.29) is 25.6 Å². The molecule has 4 atom stereocenters. The van der Waals surface area contributed by atoms with Gasteiger partial charge in [-0.1, -0.05) is 51.7 Å². The number of nitrogens with one attached hydrogen (secondary N) is 2. The van der Waals surface area contributed by atoms with Crippen molar-refractivity contribution in [3.05, 3.63) is 25.3 Å². The van der Waals surface area contributed by atoms with Crippen LogP contribution in [0.5, 0.6) is 0 Å². The van der Waals surface area contributed by atoms with Gasteiger partial charge in [-0.3, -0.25) is 19.2 Å². The largest absolute Gasteiger partial charge is 0.444 e. The average molecular weight is 605 g/mol. The minimum Gasteiger partial charge on any atom is -0.444 e. The molecule has 0 unspecified atom stereocenters. The van der Waals surface area contributed by atoms with E-state index in [1.165, 1.54) is 22.9 Å². The van der Waals surface area contributed by atoms with E-state index in [1.54, 1.807) is 26.8 Å². The fourth-order valence-electron chi connectivity index (χ4n) is 5.64. The quantitative estimate of drug-likeness (QED) is 0.336. The van der Waals surface area contributed by atoms with Crippen molar-refractivity contribution in [1.29, 1.82) is 0 Å². The van der Waals surface area contributed by atoms with Gasteiger partial charge in [0.1, 0.15) is 17.7 Å². The van der Waals surface area contributed by atoms with Crippen molar-refractivity contribution in [2.24, 2.45) is 11.3 Å². The highest BCUT2D eigenvalue weighted by molar-refractivity contribution is 6.38. The first-order valence-electron chi connectivity index (χ1n) is 15.4. The summed E-state index contributed by atoms with van der Waals surface area (Å²) in [6.07, 6.45) is 7.31. The van der Waals surface area contributed by atoms with Gasteiger partial charge in [0.05, 0.1) is 12.6 Å². The maximum atomic E-state index is 14.4. The maximum absolute atomic E-state index is 14.4. The van der Waals surface area contributed by atoms with Crippen LogP contribution < -0.4 is 10.6 Å². The molecule has 0 bridgehead atoms.